The Labute approximate surface area is 95.7 Å². The van der Waals surface area contributed by atoms with Crippen LogP contribution in [0.25, 0.3) is 0 Å². The molecule has 0 heterocycles. The summed E-state index contributed by atoms with van der Waals surface area (Å²) < 4.78 is 77.6. The van der Waals surface area contributed by atoms with Crippen LogP contribution in [0.1, 0.15) is 17.9 Å². The quantitative estimate of drug-likeness (QED) is 0.806. The third-order valence-electron chi connectivity index (χ3n) is 1.59. The van der Waals surface area contributed by atoms with Crippen molar-refractivity contribution >= 4 is 0 Å². The molecule has 0 spiro atoms. The molecule has 4 heteroatoms. The first-order valence-electron chi connectivity index (χ1n) is 8.05. The van der Waals surface area contributed by atoms with Gasteiger partial charge in [-0.15, -0.1) is 0 Å². The third kappa shape index (κ3) is 1.90. The Kier molecular flexibility index (Phi) is 1.22. The standard InChI is InChI=1S/C10H14O4/c1-12-8-4-7(6-11)5-9(13-2)10(8)14-3/h4-5,11H,6H2,1-3H3/i1D3,2D3,3D3. The van der Waals surface area contributed by atoms with Crippen molar-refractivity contribution in [3.63, 3.8) is 0 Å². The van der Waals surface area contributed by atoms with Gasteiger partial charge in [-0.1, -0.05) is 0 Å². The summed E-state index contributed by atoms with van der Waals surface area (Å²) in [7, 11) is -8.93. The van der Waals surface area contributed by atoms with Crippen molar-refractivity contribution in [1.29, 1.82) is 0 Å². The number of rotatable bonds is 4. The molecule has 4 nitrogen and oxygen atoms in total. The second-order valence-corrected chi connectivity index (χ2v) is 2.39. The van der Waals surface area contributed by atoms with Gasteiger partial charge in [0.05, 0.1) is 40.1 Å². The van der Waals surface area contributed by atoms with E-state index in [1.807, 2.05) is 0 Å². The fourth-order valence-corrected chi connectivity index (χ4v) is 0.974. The Balaban J connectivity index is 3.47. The van der Waals surface area contributed by atoms with E-state index >= 15 is 0 Å². The maximum Gasteiger partial charge on any atom is 0.203 e. The summed E-state index contributed by atoms with van der Waals surface area (Å²) in [5.41, 5.74) is 0.0430. The highest BCUT2D eigenvalue weighted by Gasteiger charge is 2.12. The topological polar surface area (TPSA) is 47.9 Å². The molecule has 0 saturated carbocycles. The molecule has 0 amide bonds. The van der Waals surface area contributed by atoms with Gasteiger partial charge in [-0.25, -0.2) is 0 Å². The average Bonchev–Trinajstić information content (AvgIpc) is 2.27. The van der Waals surface area contributed by atoms with Crippen LogP contribution in [0.4, 0.5) is 0 Å². The van der Waals surface area contributed by atoms with Gasteiger partial charge in [-0.2, -0.15) is 0 Å². The zero-order valence-electron chi connectivity index (χ0n) is 16.0. The second-order valence-electron chi connectivity index (χ2n) is 2.39. The Morgan fingerprint density at radius 3 is 2.14 bits per heavy atom. The molecular formula is C10H14O4. The van der Waals surface area contributed by atoms with E-state index < -0.39 is 45.0 Å². The molecule has 1 aromatic carbocycles. The molecule has 0 radical (unpaired) electrons. The van der Waals surface area contributed by atoms with Crippen LogP contribution in [0.3, 0.4) is 0 Å². The lowest BCUT2D eigenvalue weighted by Gasteiger charge is -2.13. The molecule has 0 aliphatic rings. The molecule has 0 aromatic heterocycles. The van der Waals surface area contributed by atoms with Crippen LogP contribution < -0.4 is 14.2 Å². The molecule has 0 unspecified atom stereocenters. The zero-order valence-corrected chi connectivity index (χ0v) is 7.03. The molecule has 1 N–H and O–H groups in total. The summed E-state index contributed by atoms with van der Waals surface area (Å²) in [5.74, 6) is -1.90. The molecule has 0 aliphatic heterocycles. The lowest BCUT2D eigenvalue weighted by atomic mass is 10.2. The van der Waals surface area contributed by atoms with Crippen molar-refractivity contribution in [2.75, 3.05) is 21.1 Å². The van der Waals surface area contributed by atoms with Crippen LogP contribution in [0, 0.1) is 0 Å². The van der Waals surface area contributed by atoms with Crippen LogP contribution in [0.15, 0.2) is 12.1 Å². The van der Waals surface area contributed by atoms with E-state index in [1.165, 1.54) is 0 Å². The molecule has 0 atom stereocenters. The molecule has 0 saturated heterocycles. The minimum Gasteiger partial charge on any atom is -0.493 e. The van der Waals surface area contributed by atoms with E-state index in [0.29, 0.717) is 0 Å². The molecule has 1 rings (SSSR count). The van der Waals surface area contributed by atoms with E-state index in [2.05, 4.69) is 14.2 Å². The van der Waals surface area contributed by atoms with Crippen molar-refractivity contribution in [2.45, 2.75) is 6.61 Å². The van der Waals surface area contributed by atoms with E-state index in [1.54, 1.807) is 0 Å². The maximum atomic E-state index is 9.16. The van der Waals surface area contributed by atoms with Crippen molar-refractivity contribution in [1.82, 2.24) is 0 Å². The Morgan fingerprint density at radius 1 is 1.14 bits per heavy atom. The summed E-state index contributed by atoms with van der Waals surface area (Å²) in [6, 6.07) is 2.03. The van der Waals surface area contributed by atoms with Gasteiger partial charge in [0.1, 0.15) is 0 Å². The lowest BCUT2D eigenvalue weighted by molar-refractivity contribution is 0.277. The number of hydrogen-bond acceptors (Lipinski definition) is 4. The van der Waals surface area contributed by atoms with Gasteiger partial charge in [-0.3, -0.25) is 0 Å². The molecule has 14 heavy (non-hydrogen) atoms. The average molecular weight is 207 g/mol. The first kappa shape index (κ1) is 3.62. The highest BCUT2D eigenvalue weighted by Crippen LogP contribution is 2.38. The van der Waals surface area contributed by atoms with Gasteiger partial charge in [0, 0.05) is 0 Å². The predicted octanol–water partition coefficient (Wildman–Crippen LogP) is 1.20. The summed E-state index contributed by atoms with van der Waals surface area (Å²) in [5, 5.41) is 9.16. The van der Waals surface area contributed by atoms with Crippen LogP contribution in [0.5, 0.6) is 17.2 Å². The van der Waals surface area contributed by atoms with Crippen molar-refractivity contribution in [3.8, 4) is 17.2 Å². The van der Waals surface area contributed by atoms with Gasteiger partial charge in [0.25, 0.3) is 0 Å². The largest absolute Gasteiger partial charge is 0.493 e. The summed E-state index contributed by atoms with van der Waals surface area (Å²) in [6.07, 6.45) is 0. The summed E-state index contributed by atoms with van der Waals surface area (Å²) >= 11 is 0. The number of hydrogen-bond donors (Lipinski definition) is 1. The highest BCUT2D eigenvalue weighted by molar-refractivity contribution is 5.53. The monoisotopic (exact) mass is 207 g/mol. The minimum atomic E-state index is -3.01. The number of benzene rings is 1. The first-order chi connectivity index (χ1) is 10.2. The number of ether oxygens (including phenoxy) is 3. The van der Waals surface area contributed by atoms with E-state index in [4.69, 9.17) is 17.4 Å². The van der Waals surface area contributed by atoms with Crippen LogP contribution in [-0.4, -0.2) is 26.2 Å². The van der Waals surface area contributed by atoms with Crippen molar-refractivity contribution < 1.29 is 31.7 Å². The minimum absolute atomic E-state index is 0.0430. The summed E-state index contributed by atoms with van der Waals surface area (Å²) in [6.45, 7) is -0.594. The number of methoxy groups -OCH3 is 3. The zero-order chi connectivity index (χ0) is 18.1. The van der Waals surface area contributed by atoms with Gasteiger partial charge >= 0.3 is 0 Å². The van der Waals surface area contributed by atoms with Crippen molar-refractivity contribution in [3.05, 3.63) is 17.7 Å². The molecule has 0 aliphatic carbocycles. The molecule has 1 aromatic rings. The van der Waals surface area contributed by atoms with Crippen LogP contribution in [0.2, 0.25) is 0 Å². The predicted molar refractivity (Wildman–Crippen MR) is 52.0 cm³/mol. The van der Waals surface area contributed by atoms with Crippen LogP contribution in [-0.2, 0) is 6.61 Å². The molecule has 0 fully saturated rings. The van der Waals surface area contributed by atoms with Gasteiger partial charge in [0.15, 0.2) is 11.5 Å². The molecular weight excluding hydrogens is 184 g/mol. The normalized spacial score (nSPS) is 21.9. The van der Waals surface area contributed by atoms with Crippen molar-refractivity contribution in [2.24, 2.45) is 0 Å². The van der Waals surface area contributed by atoms with Gasteiger partial charge < -0.3 is 19.3 Å². The van der Waals surface area contributed by atoms with E-state index in [9.17, 15) is 0 Å². The fourth-order valence-electron chi connectivity index (χ4n) is 0.974. The highest BCUT2D eigenvalue weighted by atomic mass is 16.5. The first-order valence-corrected chi connectivity index (χ1v) is 3.55. The van der Waals surface area contributed by atoms with Gasteiger partial charge in [0.2, 0.25) is 5.75 Å². The van der Waals surface area contributed by atoms with E-state index in [0.717, 1.165) is 12.1 Å². The molecule has 0 bridgehead atoms. The maximum absolute atomic E-state index is 9.16. The van der Waals surface area contributed by atoms with Gasteiger partial charge in [-0.05, 0) is 17.7 Å². The second kappa shape index (κ2) is 4.72. The smallest absolute Gasteiger partial charge is 0.203 e. The van der Waals surface area contributed by atoms with Crippen LogP contribution >= 0.6 is 0 Å². The Bertz CT molecular complexity index is 510. The Hall–Kier alpha value is -1.42. The summed E-state index contributed by atoms with van der Waals surface area (Å²) in [4.78, 5) is 0. The number of aliphatic hydroxyl groups excluding tert-OH is 1. The van der Waals surface area contributed by atoms with E-state index in [-0.39, 0.29) is 5.56 Å². The lowest BCUT2D eigenvalue weighted by Crippen LogP contribution is -1.96. The molecule has 78 valence electrons. The Morgan fingerprint density at radius 2 is 1.71 bits per heavy atom. The third-order valence-corrected chi connectivity index (χ3v) is 1.59. The SMILES string of the molecule is [2H]C([2H])([2H])Oc1cc(CO)cc(OC([2H])([2H])[2H])c1OC([2H])([2H])[2H]. The fraction of sp³-hybridized carbons (Fsp3) is 0.400. The number of aliphatic hydroxyl groups is 1.